The molecular formula is C27H27F3N4O2. The number of benzene rings is 2. The lowest BCUT2D eigenvalue weighted by Gasteiger charge is -2.35. The van der Waals surface area contributed by atoms with Crippen molar-refractivity contribution in [3.8, 4) is 0 Å². The van der Waals surface area contributed by atoms with Crippen molar-refractivity contribution in [2.45, 2.75) is 32.4 Å². The Kier molecular flexibility index (Phi) is 6.47. The van der Waals surface area contributed by atoms with Gasteiger partial charge in [-0.2, -0.15) is 18.3 Å². The molecule has 0 spiro atoms. The van der Waals surface area contributed by atoms with Crippen LogP contribution in [-0.4, -0.2) is 42.7 Å². The normalized spacial score (nSPS) is 17.3. The molecule has 2 aliphatic rings. The number of aryl methyl sites for hydroxylation is 1. The van der Waals surface area contributed by atoms with Crippen LogP contribution in [0.4, 0.5) is 24.5 Å². The predicted octanol–water partition coefficient (Wildman–Crippen LogP) is 5.72. The van der Waals surface area contributed by atoms with Crippen molar-refractivity contribution in [3.05, 3.63) is 82.8 Å². The number of amides is 1. The molecule has 0 saturated carbocycles. The minimum Gasteiger partial charge on any atom is -0.455 e. The van der Waals surface area contributed by atoms with Crippen molar-refractivity contribution in [2.24, 2.45) is 5.10 Å². The van der Waals surface area contributed by atoms with Crippen LogP contribution >= 0.6 is 0 Å². The lowest BCUT2D eigenvalue weighted by atomic mass is 9.93. The predicted molar refractivity (Wildman–Crippen MR) is 133 cm³/mol. The van der Waals surface area contributed by atoms with Crippen molar-refractivity contribution in [1.29, 1.82) is 0 Å². The van der Waals surface area contributed by atoms with Gasteiger partial charge in [0.2, 0.25) is 0 Å². The Morgan fingerprint density at radius 1 is 1.00 bits per heavy atom. The van der Waals surface area contributed by atoms with E-state index in [0.29, 0.717) is 43.2 Å². The number of carbonyl (C=O) groups excluding carboxylic acids is 1. The van der Waals surface area contributed by atoms with Crippen molar-refractivity contribution in [1.82, 2.24) is 4.90 Å². The maximum Gasteiger partial charge on any atom is 0.416 e. The van der Waals surface area contributed by atoms with Gasteiger partial charge in [0.25, 0.3) is 5.91 Å². The van der Waals surface area contributed by atoms with E-state index in [-0.39, 0.29) is 11.6 Å². The number of fused-ring (bicyclic) bond motifs is 1. The zero-order valence-electron chi connectivity index (χ0n) is 19.9. The number of anilines is 2. The largest absolute Gasteiger partial charge is 0.455 e. The minimum absolute atomic E-state index is 0.139. The highest BCUT2D eigenvalue weighted by Gasteiger charge is 2.32. The third-order valence-corrected chi connectivity index (χ3v) is 6.72. The highest BCUT2D eigenvalue weighted by atomic mass is 19.4. The van der Waals surface area contributed by atoms with E-state index in [4.69, 9.17) is 4.42 Å². The first-order chi connectivity index (χ1) is 17.3. The molecule has 0 radical (unpaired) electrons. The van der Waals surface area contributed by atoms with Gasteiger partial charge in [0, 0.05) is 49.4 Å². The van der Waals surface area contributed by atoms with Gasteiger partial charge in [0.1, 0.15) is 5.76 Å². The van der Waals surface area contributed by atoms with E-state index in [1.807, 2.05) is 30.0 Å². The van der Waals surface area contributed by atoms with Gasteiger partial charge < -0.3 is 14.2 Å². The summed E-state index contributed by atoms with van der Waals surface area (Å²) in [5.74, 6) is 0.885. The number of piperazine rings is 1. The lowest BCUT2D eigenvalue weighted by Crippen LogP contribution is -2.48. The van der Waals surface area contributed by atoms with Crippen LogP contribution in [0.2, 0.25) is 0 Å². The molecule has 2 heterocycles. The van der Waals surface area contributed by atoms with Crippen LogP contribution in [0.5, 0.6) is 0 Å². The van der Waals surface area contributed by atoms with E-state index in [1.165, 1.54) is 12.1 Å². The van der Waals surface area contributed by atoms with Gasteiger partial charge in [0.15, 0.2) is 5.76 Å². The number of alkyl halides is 3. The summed E-state index contributed by atoms with van der Waals surface area (Å²) in [6.07, 6.45) is -2.31. The molecule has 0 unspecified atom stereocenters. The molecule has 1 fully saturated rings. The van der Waals surface area contributed by atoms with E-state index >= 15 is 0 Å². The van der Waals surface area contributed by atoms with Gasteiger partial charge in [-0.15, -0.1) is 0 Å². The molecule has 1 aromatic heterocycles. The fourth-order valence-electron chi connectivity index (χ4n) is 4.83. The minimum atomic E-state index is -4.42. The molecule has 3 aromatic rings. The maximum atomic E-state index is 13.4. The Hall–Kier alpha value is -3.75. The molecule has 188 valence electrons. The molecule has 1 amide bonds. The van der Waals surface area contributed by atoms with Gasteiger partial charge in [-0.25, -0.2) is 0 Å². The lowest BCUT2D eigenvalue weighted by molar-refractivity contribution is -0.137. The van der Waals surface area contributed by atoms with E-state index in [1.54, 1.807) is 0 Å². The first kappa shape index (κ1) is 24.0. The molecule has 5 rings (SSSR count). The Labute approximate surface area is 207 Å². The summed E-state index contributed by atoms with van der Waals surface area (Å²) >= 11 is 0. The van der Waals surface area contributed by atoms with Crippen molar-refractivity contribution in [2.75, 3.05) is 36.5 Å². The highest BCUT2D eigenvalue weighted by molar-refractivity contribution is 6.06. The van der Waals surface area contributed by atoms with Crippen molar-refractivity contribution < 1.29 is 22.4 Å². The highest BCUT2D eigenvalue weighted by Crippen LogP contribution is 2.33. The quantitative estimate of drug-likeness (QED) is 0.469. The number of halogens is 3. The number of furan rings is 1. The Morgan fingerprint density at radius 3 is 2.47 bits per heavy atom. The van der Waals surface area contributed by atoms with Gasteiger partial charge in [-0.1, -0.05) is 24.3 Å². The van der Waals surface area contributed by atoms with E-state index < -0.39 is 11.7 Å². The molecule has 36 heavy (non-hydrogen) atoms. The summed E-state index contributed by atoms with van der Waals surface area (Å²) in [6, 6.07) is 15.1. The first-order valence-corrected chi connectivity index (χ1v) is 12.0. The number of carbonyl (C=O) groups is 1. The molecule has 6 nitrogen and oxygen atoms in total. The zero-order valence-corrected chi connectivity index (χ0v) is 19.9. The summed E-state index contributed by atoms with van der Waals surface area (Å²) < 4.78 is 45.2. The molecule has 1 N–H and O–H groups in total. The summed E-state index contributed by atoms with van der Waals surface area (Å²) in [5.41, 5.74) is 5.61. The third kappa shape index (κ3) is 4.82. The molecular weight excluding hydrogens is 469 g/mol. The number of hydrogen-bond donors (Lipinski definition) is 1. The molecule has 2 aromatic carbocycles. The standard InChI is InChI=1S/C27H27F3N4O2/c1-18-24-22(32-31-20-8-5-7-19(17-20)27(28,29)30)11-6-12-23(24)36-25(18)26(35)34-15-13-33(14-16-34)21-9-3-2-4-10-21/h2-5,7-10,17,31H,6,11-16H2,1H3/b32-22+. The SMILES string of the molecule is Cc1c(C(=O)N2CCN(c3ccccc3)CC2)oc2c1/C(=N/Nc1cccc(C(F)(F)F)c1)CCC2. The smallest absolute Gasteiger partial charge is 0.416 e. The monoisotopic (exact) mass is 496 g/mol. The maximum absolute atomic E-state index is 13.4. The molecule has 1 aliphatic carbocycles. The third-order valence-electron chi connectivity index (χ3n) is 6.72. The number of nitrogens with zero attached hydrogens (tertiary/aromatic N) is 3. The second-order valence-corrected chi connectivity index (χ2v) is 9.07. The number of hydrogen-bond acceptors (Lipinski definition) is 5. The second kappa shape index (κ2) is 9.72. The van der Waals surface area contributed by atoms with Gasteiger partial charge in [-0.05, 0) is 50.1 Å². The molecule has 0 bridgehead atoms. The first-order valence-electron chi connectivity index (χ1n) is 12.0. The van der Waals surface area contributed by atoms with Gasteiger partial charge in [-0.3, -0.25) is 10.2 Å². The summed E-state index contributed by atoms with van der Waals surface area (Å²) in [7, 11) is 0. The molecule has 9 heteroatoms. The van der Waals surface area contributed by atoms with E-state index in [2.05, 4.69) is 27.6 Å². The zero-order chi connectivity index (χ0) is 25.3. The van der Waals surface area contributed by atoms with Crippen LogP contribution in [0.3, 0.4) is 0 Å². The number of nitrogens with one attached hydrogen (secondary N) is 1. The number of rotatable bonds is 4. The average Bonchev–Trinajstić information content (AvgIpc) is 3.24. The summed E-state index contributed by atoms with van der Waals surface area (Å²) in [6.45, 7) is 4.51. The average molecular weight is 497 g/mol. The van der Waals surface area contributed by atoms with Crippen LogP contribution in [0.15, 0.2) is 64.1 Å². The number of para-hydroxylation sites is 1. The number of hydrazone groups is 1. The summed E-state index contributed by atoms with van der Waals surface area (Å²) in [5, 5.41) is 4.42. The topological polar surface area (TPSA) is 61.1 Å². The Balaban J connectivity index is 1.32. The fourth-order valence-corrected chi connectivity index (χ4v) is 4.83. The molecule has 0 atom stereocenters. The van der Waals surface area contributed by atoms with E-state index in [0.717, 1.165) is 48.5 Å². The van der Waals surface area contributed by atoms with Crippen LogP contribution in [-0.2, 0) is 12.6 Å². The van der Waals surface area contributed by atoms with Gasteiger partial charge in [0.05, 0.1) is 17.0 Å². The van der Waals surface area contributed by atoms with Crippen LogP contribution in [0.1, 0.15) is 45.8 Å². The van der Waals surface area contributed by atoms with Crippen LogP contribution in [0.25, 0.3) is 0 Å². The van der Waals surface area contributed by atoms with Crippen LogP contribution in [0, 0.1) is 6.92 Å². The van der Waals surface area contributed by atoms with Crippen LogP contribution < -0.4 is 10.3 Å². The Bertz CT molecular complexity index is 1280. The Morgan fingerprint density at radius 2 is 1.75 bits per heavy atom. The fraction of sp³-hybridized carbons (Fsp3) is 0.333. The second-order valence-electron chi connectivity index (χ2n) is 9.07. The van der Waals surface area contributed by atoms with Gasteiger partial charge >= 0.3 is 6.18 Å². The van der Waals surface area contributed by atoms with Crippen molar-refractivity contribution in [3.63, 3.8) is 0 Å². The molecule has 1 saturated heterocycles. The summed E-state index contributed by atoms with van der Waals surface area (Å²) in [4.78, 5) is 17.4. The molecule has 1 aliphatic heterocycles. The van der Waals surface area contributed by atoms with E-state index in [9.17, 15) is 18.0 Å². The van der Waals surface area contributed by atoms with Crippen molar-refractivity contribution >= 4 is 23.0 Å².